The average Bonchev–Trinajstić information content (AvgIpc) is 3.22. The minimum absolute atomic E-state index is 0.274. The quantitative estimate of drug-likeness (QED) is 0.229. The molecule has 0 aliphatic rings. The zero-order chi connectivity index (χ0) is 23.2. The Hall–Kier alpha value is -2.67. The van der Waals surface area contributed by atoms with Crippen molar-refractivity contribution >= 4 is 35.0 Å². The van der Waals surface area contributed by atoms with Gasteiger partial charge in [0.05, 0.1) is 6.61 Å². The number of rotatable bonds is 9. The smallest absolute Gasteiger partial charge is 0.196 e. The monoisotopic (exact) mass is 499 g/mol. The highest BCUT2D eigenvalue weighted by Gasteiger charge is 2.17. The fourth-order valence-electron chi connectivity index (χ4n) is 3.19. The summed E-state index contributed by atoms with van der Waals surface area (Å²) in [6, 6.07) is 21.3. The number of hydrogen-bond donors (Lipinski definition) is 0. The summed E-state index contributed by atoms with van der Waals surface area (Å²) in [6.07, 6.45) is 0. The first-order valence-corrected chi connectivity index (χ1v) is 12.2. The SMILES string of the molecule is CCOc1ccc(-n2c(COc3ccc(C)cc3)nnc2SCc2c(Cl)cccc2Cl)cc1. The van der Waals surface area contributed by atoms with Crippen LogP contribution < -0.4 is 9.47 Å². The van der Waals surface area contributed by atoms with E-state index in [4.69, 9.17) is 32.7 Å². The second-order valence-electron chi connectivity index (χ2n) is 7.25. The third kappa shape index (κ3) is 5.82. The van der Waals surface area contributed by atoms with Crippen LogP contribution in [0.5, 0.6) is 11.5 Å². The van der Waals surface area contributed by atoms with Crippen LogP contribution in [0.3, 0.4) is 0 Å². The Morgan fingerprint density at radius 3 is 2.15 bits per heavy atom. The highest BCUT2D eigenvalue weighted by atomic mass is 35.5. The highest BCUT2D eigenvalue weighted by Crippen LogP contribution is 2.32. The summed E-state index contributed by atoms with van der Waals surface area (Å²) < 4.78 is 13.6. The molecule has 0 atom stereocenters. The molecule has 0 unspecified atom stereocenters. The van der Waals surface area contributed by atoms with Crippen molar-refractivity contribution in [2.75, 3.05) is 6.61 Å². The Balaban J connectivity index is 1.61. The molecule has 33 heavy (non-hydrogen) atoms. The Morgan fingerprint density at radius 1 is 0.848 bits per heavy atom. The van der Waals surface area contributed by atoms with E-state index in [0.717, 1.165) is 27.9 Å². The Kier molecular flexibility index (Phi) is 7.81. The van der Waals surface area contributed by atoms with Crippen molar-refractivity contribution in [3.05, 3.63) is 93.7 Å². The summed E-state index contributed by atoms with van der Waals surface area (Å²) >= 11 is 14.2. The van der Waals surface area contributed by atoms with E-state index in [2.05, 4.69) is 10.2 Å². The predicted octanol–water partition coefficient (Wildman–Crippen LogP) is 7.15. The van der Waals surface area contributed by atoms with Crippen LogP contribution in [0.15, 0.2) is 71.9 Å². The molecule has 5 nitrogen and oxygen atoms in total. The van der Waals surface area contributed by atoms with Gasteiger partial charge in [-0.1, -0.05) is 58.7 Å². The predicted molar refractivity (Wildman–Crippen MR) is 134 cm³/mol. The molecule has 3 aromatic carbocycles. The molecule has 8 heteroatoms. The summed E-state index contributed by atoms with van der Waals surface area (Å²) in [5.41, 5.74) is 2.96. The van der Waals surface area contributed by atoms with E-state index in [1.165, 1.54) is 17.3 Å². The maximum atomic E-state index is 6.36. The number of aromatic nitrogens is 3. The van der Waals surface area contributed by atoms with Crippen molar-refractivity contribution in [1.29, 1.82) is 0 Å². The van der Waals surface area contributed by atoms with Gasteiger partial charge in [-0.2, -0.15) is 0 Å². The Bertz CT molecular complexity index is 1190. The molecule has 0 saturated heterocycles. The van der Waals surface area contributed by atoms with E-state index >= 15 is 0 Å². The number of ether oxygens (including phenoxy) is 2. The Morgan fingerprint density at radius 2 is 1.48 bits per heavy atom. The number of nitrogens with zero attached hydrogens (tertiary/aromatic N) is 3. The average molecular weight is 500 g/mol. The van der Waals surface area contributed by atoms with Gasteiger partial charge in [0.2, 0.25) is 0 Å². The topological polar surface area (TPSA) is 49.2 Å². The molecular formula is C25H23Cl2N3O2S. The maximum absolute atomic E-state index is 6.36. The number of hydrogen-bond acceptors (Lipinski definition) is 5. The molecule has 0 fully saturated rings. The lowest BCUT2D eigenvalue weighted by atomic mass is 10.2. The molecule has 0 radical (unpaired) electrons. The second kappa shape index (κ2) is 11.0. The van der Waals surface area contributed by atoms with Crippen molar-refractivity contribution in [2.45, 2.75) is 31.4 Å². The van der Waals surface area contributed by atoms with Crippen molar-refractivity contribution in [1.82, 2.24) is 14.8 Å². The van der Waals surface area contributed by atoms with Gasteiger partial charge in [-0.25, -0.2) is 0 Å². The molecule has 1 aromatic heterocycles. The number of halogens is 2. The Labute approximate surface area is 207 Å². The molecule has 1 heterocycles. The van der Waals surface area contributed by atoms with Crippen LogP contribution in [-0.4, -0.2) is 21.4 Å². The molecule has 170 valence electrons. The minimum atomic E-state index is 0.274. The van der Waals surface area contributed by atoms with Crippen LogP contribution >= 0.6 is 35.0 Å². The molecule has 0 spiro atoms. The summed E-state index contributed by atoms with van der Waals surface area (Å²) in [4.78, 5) is 0. The highest BCUT2D eigenvalue weighted by molar-refractivity contribution is 7.98. The van der Waals surface area contributed by atoms with Gasteiger partial charge in [-0.05, 0) is 67.9 Å². The lowest BCUT2D eigenvalue weighted by Crippen LogP contribution is -2.07. The van der Waals surface area contributed by atoms with Gasteiger partial charge in [0.15, 0.2) is 11.0 Å². The second-order valence-corrected chi connectivity index (χ2v) is 9.01. The van der Waals surface area contributed by atoms with Gasteiger partial charge >= 0.3 is 0 Å². The van der Waals surface area contributed by atoms with Crippen molar-refractivity contribution in [3.8, 4) is 17.2 Å². The molecule has 0 aliphatic heterocycles. The van der Waals surface area contributed by atoms with Crippen molar-refractivity contribution < 1.29 is 9.47 Å². The van der Waals surface area contributed by atoms with Crippen LogP contribution in [0.1, 0.15) is 23.9 Å². The van der Waals surface area contributed by atoms with Crippen molar-refractivity contribution in [3.63, 3.8) is 0 Å². The summed E-state index contributed by atoms with van der Waals surface area (Å²) in [5, 5.41) is 10.8. The largest absolute Gasteiger partial charge is 0.494 e. The number of benzene rings is 3. The number of aryl methyl sites for hydroxylation is 1. The lowest BCUT2D eigenvalue weighted by molar-refractivity contribution is 0.292. The van der Waals surface area contributed by atoms with Gasteiger partial charge < -0.3 is 9.47 Å². The van der Waals surface area contributed by atoms with Gasteiger partial charge in [0, 0.05) is 21.5 Å². The fraction of sp³-hybridized carbons (Fsp3) is 0.200. The third-order valence-electron chi connectivity index (χ3n) is 4.90. The standard InChI is InChI=1S/C25H23Cl2N3O2S/c1-3-31-19-13-9-18(10-14-19)30-24(15-32-20-11-7-17(2)8-12-20)28-29-25(30)33-16-21-22(26)5-4-6-23(21)27/h4-14H,3,15-16H2,1-2H3. The molecule has 0 amide bonds. The van der Waals surface area contributed by atoms with E-state index < -0.39 is 0 Å². The third-order valence-corrected chi connectivity index (χ3v) is 6.57. The fourth-order valence-corrected chi connectivity index (χ4v) is 4.91. The van der Waals surface area contributed by atoms with E-state index in [1.54, 1.807) is 0 Å². The molecule has 0 saturated carbocycles. The van der Waals surface area contributed by atoms with Crippen LogP contribution in [-0.2, 0) is 12.4 Å². The van der Waals surface area contributed by atoms with Gasteiger partial charge in [0.25, 0.3) is 0 Å². The zero-order valence-electron chi connectivity index (χ0n) is 18.3. The van der Waals surface area contributed by atoms with Crippen molar-refractivity contribution in [2.24, 2.45) is 0 Å². The minimum Gasteiger partial charge on any atom is -0.494 e. The summed E-state index contributed by atoms with van der Waals surface area (Å²) in [5.74, 6) is 2.84. The van der Waals surface area contributed by atoms with Gasteiger partial charge in [-0.3, -0.25) is 4.57 Å². The molecule has 0 bridgehead atoms. The molecule has 4 aromatic rings. The molecule has 0 aliphatic carbocycles. The van der Waals surface area contributed by atoms with Crippen LogP contribution in [0.25, 0.3) is 5.69 Å². The normalized spacial score (nSPS) is 10.9. The van der Waals surface area contributed by atoms with Crippen LogP contribution in [0.2, 0.25) is 10.0 Å². The first kappa shape index (κ1) is 23.5. The lowest BCUT2D eigenvalue weighted by Gasteiger charge is -2.13. The van der Waals surface area contributed by atoms with Gasteiger partial charge in [0.1, 0.15) is 18.1 Å². The van der Waals surface area contributed by atoms with E-state index in [0.29, 0.717) is 28.2 Å². The number of thioether (sulfide) groups is 1. The maximum Gasteiger partial charge on any atom is 0.196 e. The van der Waals surface area contributed by atoms with Gasteiger partial charge in [-0.15, -0.1) is 10.2 Å². The van der Waals surface area contributed by atoms with Crippen LogP contribution in [0.4, 0.5) is 0 Å². The first-order chi connectivity index (χ1) is 16.0. The van der Waals surface area contributed by atoms with Crippen LogP contribution in [0, 0.1) is 6.92 Å². The molecule has 4 rings (SSSR count). The van der Waals surface area contributed by atoms with E-state index in [-0.39, 0.29) is 6.61 Å². The molecular weight excluding hydrogens is 477 g/mol. The molecule has 0 N–H and O–H groups in total. The summed E-state index contributed by atoms with van der Waals surface area (Å²) in [7, 11) is 0. The van der Waals surface area contributed by atoms with E-state index in [9.17, 15) is 0 Å². The zero-order valence-corrected chi connectivity index (χ0v) is 20.6. The first-order valence-electron chi connectivity index (χ1n) is 10.5. The van der Waals surface area contributed by atoms with E-state index in [1.807, 2.05) is 85.1 Å². The summed E-state index contributed by atoms with van der Waals surface area (Å²) in [6.45, 7) is 4.89.